The zero-order chi connectivity index (χ0) is 23.8. The van der Waals surface area contributed by atoms with Crippen LogP contribution in [0.4, 0.5) is 4.79 Å². The Morgan fingerprint density at radius 3 is 2.47 bits per heavy atom. The van der Waals surface area contributed by atoms with Gasteiger partial charge in [0.25, 0.3) is 11.8 Å². The number of carbonyl (C=O) groups excluding carboxylic acids is 3. The molecule has 6 rings (SSSR count). The van der Waals surface area contributed by atoms with E-state index in [1.165, 1.54) is 5.01 Å². The number of β-lactam (4-membered cyclic amide) rings is 1. The predicted octanol–water partition coefficient (Wildman–Crippen LogP) is 3.17. The van der Waals surface area contributed by atoms with Crippen LogP contribution in [-0.2, 0) is 21.0 Å². The maximum atomic E-state index is 13.3. The largest absolute Gasteiger partial charge is 0.443 e. The van der Waals surface area contributed by atoms with Crippen LogP contribution in [-0.4, -0.2) is 57.3 Å². The summed E-state index contributed by atoms with van der Waals surface area (Å²) in [6, 6.07) is 15.7. The number of hydrazine groups is 1. The van der Waals surface area contributed by atoms with E-state index < -0.39 is 42.3 Å². The number of rotatable bonds is 4. The van der Waals surface area contributed by atoms with Crippen molar-refractivity contribution in [2.24, 2.45) is 5.11 Å². The summed E-state index contributed by atoms with van der Waals surface area (Å²) in [5.41, 5.74) is 10.8. The van der Waals surface area contributed by atoms with Crippen molar-refractivity contribution in [3.63, 3.8) is 0 Å². The molecule has 2 saturated heterocycles. The third kappa shape index (κ3) is 3.43. The van der Waals surface area contributed by atoms with Gasteiger partial charge in [0, 0.05) is 10.5 Å². The number of fused-ring (bicyclic) bond motifs is 1. The molecular weight excluding hydrogens is 440 g/mol. The van der Waals surface area contributed by atoms with E-state index in [0.29, 0.717) is 11.1 Å². The third-order valence-corrected chi connectivity index (χ3v) is 5.99. The van der Waals surface area contributed by atoms with Crippen molar-refractivity contribution in [1.82, 2.24) is 15.1 Å². The van der Waals surface area contributed by atoms with E-state index in [9.17, 15) is 14.4 Å². The first-order valence-corrected chi connectivity index (χ1v) is 10.6. The van der Waals surface area contributed by atoms with Crippen molar-refractivity contribution < 1.29 is 24.0 Å². The lowest BCUT2D eigenvalue weighted by Crippen LogP contribution is -2.73. The maximum Gasteiger partial charge on any atom is 0.431 e. The summed E-state index contributed by atoms with van der Waals surface area (Å²) >= 11 is 0. The Morgan fingerprint density at radius 2 is 1.79 bits per heavy atom. The van der Waals surface area contributed by atoms with Crippen LogP contribution in [0.15, 0.2) is 77.4 Å². The number of hydroxylamine groups is 2. The van der Waals surface area contributed by atoms with Gasteiger partial charge in [-0.15, -0.1) is 0 Å². The zero-order valence-corrected chi connectivity index (χ0v) is 18.1. The van der Waals surface area contributed by atoms with Gasteiger partial charge >= 0.3 is 6.09 Å². The molecule has 4 heterocycles. The average molecular weight is 460 g/mol. The molecule has 0 saturated carbocycles. The number of ether oxygens (including phenoxy) is 1. The molecule has 0 N–H and O–H groups in total. The Balaban J connectivity index is 1.52. The second-order valence-electron chi connectivity index (χ2n) is 8.06. The highest BCUT2D eigenvalue weighted by Gasteiger charge is 2.62. The number of hydrogen-bond donors (Lipinski definition) is 0. The Bertz CT molecular complexity index is 1210. The highest BCUT2D eigenvalue weighted by Crippen LogP contribution is 2.41. The van der Waals surface area contributed by atoms with Gasteiger partial charge < -0.3 is 4.74 Å². The molecule has 2 aromatic carbocycles. The van der Waals surface area contributed by atoms with Crippen LogP contribution in [0.5, 0.6) is 0 Å². The lowest BCUT2D eigenvalue weighted by molar-refractivity contribution is -0.185. The summed E-state index contributed by atoms with van der Waals surface area (Å²) in [7, 11) is 0. The normalized spacial score (nSPS) is 24.9. The lowest BCUT2D eigenvalue weighted by Gasteiger charge is -2.48. The van der Waals surface area contributed by atoms with Gasteiger partial charge in [-0.2, -0.15) is 10.1 Å². The van der Waals surface area contributed by atoms with Crippen molar-refractivity contribution in [2.75, 3.05) is 0 Å². The topological polar surface area (TPSA) is 128 Å². The first kappa shape index (κ1) is 21.5. The second-order valence-corrected chi connectivity index (χ2v) is 8.06. The number of hydrogen-bond acceptors (Lipinski definition) is 6. The lowest BCUT2D eigenvalue weighted by atomic mass is 9.89. The molecule has 0 radical (unpaired) electrons. The van der Waals surface area contributed by atoms with Crippen molar-refractivity contribution in [1.29, 1.82) is 0 Å². The zero-order valence-electron chi connectivity index (χ0n) is 18.1. The summed E-state index contributed by atoms with van der Waals surface area (Å²) in [5.74, 6) is -1.06. The molecule has 0 aromatic heterocycles. The quantitative estimate of drug-likeness (QED) is 0.228. The van der Waals surface area contributed by atoms with Gasteiger partial charge in [-0.3, -0.25) is 14.4 Å². The fourth-order valence-electron chi connectivity index (χ4n) is 4.35. The van der Waals surface area contributed by atoms with Crippen molar-refractivity contribution in [2.45, 2.75) is 37.9 Å². The molecule has 172 valence electrons. The van der Waals surface area contributed by atoms with Gasteiger partial charge in [0.2, 0.25) is 0 Å². The van der Waals surface area contributed by atoms with Crippen LogP contribution in [0, 0.1) is 0 Å². The first-order valence-electron chi connectivity index (χ1n) is 10.6. The van der Waals surface area contributed by atoms with Gasteiger partial charge in [0.15, 0.2) is 6.17 Å². The minimum atomic E-state index is -1.08. The number of benzene rings is 2. The molecule has 11 nitrogen and oxygen atoms in total. The van der Waals surface area contributed by atoms with Crippen molar-refractivity contribution in [3.8, 4) is 0 Å². The van der Waals surface area contributed by atoms with Crippen LogP contribution in [0.3, 0.4) is 0 Å². The molecule has 0 aliphatic carbocycles. The van der Waals surface area contributed by atoms with Crippen LogP contribution in [0.2, 0.25) is 0 Å². The van der Waals surface area contributed by atoms with E-state index in [-0.39, 0.29) is 6.61 Å². The van der Waals surface area contributed by atoms with Crippen molar-refractivity contribution >= 4 is 17.9 Å². The molecule has 3 amide bonds. The van der Waals surface area contributed by atoms with Gasteiger partial charge in [0.05, 0.1) is 0 Å². The smallest absolute Gasteiger partial charge is 0.431 e. The van der Waals surface area contributed by atoms with Gasteiger partial charge in [-0.05, 0) is 41.8 Å². The first-order chi connectivity index (χ1) is 16.5. The van der Waals surface area contributed by atoms with E-state index in [0.717, 1.165) is 15.6 Å². The number of amides is 3. The van der Waals surface area contributed by atoms with Crippen LogP contribution >= 0.6 is 0 Å². The highest BCUT2D eigenvalue weighted by atomic mass is 16.7. The molecule has 2 aromatic rings. The molecule has 2 fully saturated rings. The maximum absolute atomic E-state index is 13.3. The Labute approximate surface area is 194 Å². The third-order valence-electron chi connectivity index (χ3n) is 5.99. The summed E-state index contributed by atoms with van der Waals surface area (Å²) < 4.78 is 5.51. The van der Waals surface area contributed by atoms with E-state index in [1.54, 1.807) is 55.5 Å². The number of carbonyl (C=O) groups is 3. The standard InChI is InChI=1S/C23H20N6O5/c1-14-12-17-27(23(32)33-13-15-8-4-2-5-9-15)28-19(18(22(28)31)25-26-24)20(14)34-29(17)21(30)16-10-6-3-7-11-16/h2-12,17-20H,13H2,1H3. The fourth-order valence-corrected chi connectivity index (χ4v) is 4.35. The summed E-state index contributed by atoms with van der Waals surface area (Å²) in [6.45, 7) is 1.74. The molecule has 4 aliphatic heterocycles. The molecular formula is C23H20N6O5. The SMILES string of the molecule is CC1=CC2N(C(=O)c3ccccc3)OC1C1C(N=[N+]=[N-])C(=O)N1N2C(=O)OCc1ccccc1. The molecule has 0 spiro atoms. The number of azide groups is 1. The fraction of sp³-hybridized carbons (Fsp3) is 0.261. The van der Waals surface area contributed by atoms with E-state index in [2.05, 4.69) is 10.0 Å². The Kier molecular flexibility index (Phi) is 5.40. The van der Waals surface area contributed by atoms with Gasteiger partial charge in [0.1, 0.15) is 24.8 Å². The molecule has 4 atom stereocenters. The predicted molar refractivity (Wildman–Crippen MR) is 117 cm³/mol. The monoisotopic (exact) mass is 460 g/mol. The molecule has 11 heteroatoms. The second kappa shape index (κ2) is 8.54. The Hall–Kier alpha value is -4.34. The van der Waals surface area contributed by atoms with E-state index in [4.69, 9.17) is 15.1 Å². The molecule has 4 aliphatic rings. The van der Waals surface area contributed by atoms with Crippen LogP contribution < -0.4 is 0 Å². The highest BCUT2D eigenvalue weighted by molar-refractivity contribution is 5.95. The number of nitrogens with zero attached hydrogens (tertiary/aromatic N) is 6. The summed E-state index contributed by atoms with van der Waals surface area (Å²) in [4.78, 5) is 48.4. The van der Waals surface area contributed by atoms with Gasteiger partial charge in [-0.1, -0.05) is 53.6 Å². The Morgan fingerprint density at radius 1 is 1.12 bits per heavy atom. The van der Waals surface area contributed by atoms with E-state index >= 15 is 0 Å². The minimum absolute atomic E-state index is 0.0328. The molecule has 34 heavy (non-hydrogen) atoms. The molecule has 2 bridgehead atoms. The molecule has 4 unspecified atom stereocenters. The minimum Gasteiger partial charge on any atom is -0.443 e. The van der Waals surface area contributed by atoms with Crippen LogP contribution in [0.25, 0.3) is 10.4 Å². The van der Waals surface area contributed by atoms with Gasteiger partial charge in [-0.25, -0.2) is 9.80 Å². The summed E-state index contributed by atoms with van der Waals surface area (Å²) in [6.07, 6.45) is -1.03. The van der Waals surface area contributed by atoms with Crippen molar-refractivity contribution in [3.05, 3.63) is 93.9 Å². The van der Waals surface area contributed by atoms with E-state index in [1.807, 2.05) is 18.2 Å². The van der Waals surface area contributed by atoms with Crippen LogP contribution in [0.1, 0.15) is 22.8 Å². The summed E-state index contributed by atoms with van der Waals surface area (Å²) in [5, 5.41) is 6.91. The average Bonchev–Trinajstić information content (AvgIpc) is 3.06.